The number of carbonyl (C=O) groups is 1. The zero-order valence-electron chi connectivity index (χ0n) is 13.0. The van der Waals surface area contributed by atoms with E-state index in [-0.39, 0.29) is 5.91 Å². The van der Waals surface area contributed by atoms with Gasteiger partial charge in [-0.25, -0.2) is 0 Å². The van der Waals surface area contributed by atoms with Crippen molar-refractivity contribution >= 4 is 17.2 Å². The minimum Gasteiger partial charge on any atom is -0.336 e. The maximum atomic E-state index is 12.7. The Hall–Kier alpha value is -0.910. The summed E-state index contributed by atoms with van der Waals surface area (Å²) in [6.45, 7) is 10.5. The summed E-state index contributed by atoms with van der Waals surface area (Å²) < 4.78 is 0. The largest absolute Gasteiger partial charge is 0.336 e. The number of piperazine rings is 1. The van der Waals surface area contributed by atoms with E-state index in [1.807, 2.05) is 0 Å². The molecule has 4 nitrogen and oxygen atoms in total. The van der Waals surface area contributed by atoms with E-state index in [1.54, 1.807) is 11.3 Å². The summed E-state index contributed by atoms with van der Waals surface area (Å²) in [5.41, 5.74) is 1.27. The van der Waals surface area contributed by atoms with Gasteiger partial charge < -0.3 is 10.2 Å². The van der Waals surface area contributed by atoms with Crippen molar-refractivity contribution in [2.24, 2.45) is 0 Å². The fourth-order valence-electron chi connectivity index (χ4n) is 3.40. The lowest BCUT2D eigenvalue weighted by molar-refractivity contribution is 0.0778. The van der Waals surface area contributed by atoms with Crippen molar-refractivity contribution in [2.45, 2.75) is 32.7 Å². The number of hydrogen-bond donors (Lipinski definition) is 1. The third-order valence-electron chi connectivity index (χ3n) is 4.67. The molecule has 3 heterocycles. The molecule has 0 bridgehead atoms. The number of carbonyl (C=O) groups excluding carboxylic acids is 1. The summed E-state index contributed by atoms with van der Waals surface area (Å²) >= 11 is 1.68. The zero-order chi connectivity index (χ0) is 14.8. The molecule has 5 heteroatoms. The Labute approximate surface area is 131 Å². The van der Waals surface area contributed by atoms with Crippen molar-refractivity contribution in [3.63, 3.8) is 0 Å². The van der Waals surface area contributed by atoms with Crippen molar-refractivity contribution in [1.29, 1.82) is 0 Å². The molecule has 2 aliphatic rings. The topological polar surface area (TPSA) is 35.6 Å². The predicted molar refractivity (Wildman–Crippen MR) is 87.2 cm³/mol. The molecule has 1 amide bonds. The fourth-order valence-corrected chi connectivity index (χ4v) is 4.49. The highest BCUT2D eigenvalue weighted by atomic mass is 32.1. The number of rotatable bonds is 3. The van der Waals surface area contributed by atoms with Crippen LogP contribution in [-0.2, 0) is 6.42 Å². The molecule has 0 aromatic carbocycles. The molecule has 0 aliphatic carbocycles. The number of aryl methyl sites for hydroxylation is 2. The zero-order valence-corrected chi connectivity index (χ0v) is 13.8. The normalized spacial score (nSPS) is 23.7. The van der Waals surface area contributed by atoms with E-state index in [0.29, 0.717) is 6.04 Å². The molecule has 2 fully saturated rings. The Morgan fingerprint density at radius 2 is 2.14 bits per heavy atom. The SMILES string of the molecule is CCc1sc(C(=O)N2CCC(N3CCNCC3)C2)cc1C. The van der Waals surface area contributed by atoms with E-state index in [4.69, 9.17) is 0 Å². The second-order valence-electron chi connectivity index (χ2n) is 6.05. The fraction of sp³-hybridized carbons (Fsp3) is 0.688. The van der Waals surface area contributed by atoms with Gasteiger partial charge in [0.1, 0.15) is 0 Å². The highest BCUT2D eigenvalue weighted by molar-refractivity contribution is 7.14. The van der Waals surface area contributed by atoms with Crippen LogP contribution in [0.3, 0.4) is 0 Å². The van der Waals surface area contributed by atoms with Crippen molar-refractivity contribution in [3.8, 4) is 0 Å². The number of likely N-dealkylation sites (tertiary alicyclic amines) is 1. The van der Waals surface area contributed by atoms with E-state index in [0.717, 1.165) is 57.0 Å². The van der Waals surface area contributed by atoms with Gasteiger partial charge in [-0.2, -0.15) is 0 Å². The van der Waals surface area contributed by atoms with Gasteiger partial charge in [-0.3, -0.25) is 9.69 Å². The monoisotopic (exact) mass is 307 g/mol. The molecule has 1 N–H and O–H groups in total. The summed E-state index contributed by atoms with van der Waals surface area (Å²) in [6, 6.07) is 2.63. The van der Waals surface area contributed by atoms with E-state index in [2.05, 4.69) is 35.0 Å². The first-order chi connectivity index (χ1) is 10.2. The molecule has 0 spiro atoms. The summed E-state index contributed by atoms with van der Waals surface area (Å²) in [5, 5.41) is 3.39. The van der Waals surface area contributed by atoms with Crippen LogP contribution >= 0.6 is 11.3 Å². The van der Waals surface area contributed by atoms with Crippen LogP contribution in [0.15, 0.2) is 6.07 Å². The smallest absolute Gasteiger partial charge is 0.263 e. The minimum absolute atomic E-state index is 0.237. The van der Waals surface area contributed by atoms with E-state index < -0.39 is 0 Å². The Kier molecular flexibility index (Phi) is 4.62. The van der Waals surface area contributed by atoms with Crippen LogP contribution in [0.4, 0.5) is 0 Å². The molecule has 3 rings (SSSR count). The van der Waals surface area contributed by atoms with Gasteiger partial charge in [0.25, 0.3) is 5.91 Å². The Morgan fingerprint density at radius 3 is 2.81 bits per heavy atom. The van der Waals surface area contributed by atoms with Crippen LogP contribution < -0.4 is 5.32 Å². The van der Waals surface area contributed by atoms with Crippen LogP contribution in [0.2, 0.25) is 0 Å². The Bertz CT molecular complexity index is 508. The predicted octanol–water partition coefficient (Wildman–Crippen LogP) is 1.74. The first kappa shape index (κ1) is 15.0. The average molecular weight is 307 g/mol. The second kappa shape index (κ2) is 6.46. The van der Waals surface area contributed by atoms with Gasteiger partial charge >= 0.3 is 0 Å². The minimum atomic E-state index is 0.237. The third kappa shape index (κ3) is 3.15. The number of hydrogen-bond acceptors (Lipinski definition) is 4. The number of thiophene rings is 1. The van der Waals surface area contributed by atoms with Gasteiger partial charge in [-0.1, -0.05) is 6.92 Å². The third-order valence-corrected chi connectivity index (χ3v) is 6.04. The molecule has 1 atom stereocenters. The van der Waals surface area contributed by atoms with Gasteiger partial charge in [-0.05, 0) is 31.4 Å². The number of nitrogens with one attached hydrogen (secondary N) is 1. The quantitative estimate of drug-likeness (QED) is 0.924. The highest BCUT2D eigenvalue weighted by Gasteiger charge is 2.31. The van der Waals surface area contributed by atoms with Crippen LogP contribution in [0, 0.1) is 6.92 Å². The average Bonchev–Trinajstić information content (AvgIpc) is 3.14. The number of amides is 1. The van der Waals surface area contributed by atoms with Gasteiger partial charge in [0, 0.05) is 50.2 Å². The van der Waals surface area contributed by atoms with Crippen molar-refractivity contribution < 1.29 is 4.79 Å². The lowest BCUT2D eigenvalue weighted by Crippen LogP contribution is -2.49. The Morgan fingerprint density at radius 1 is 1.38 bits per heavy atom. The first-order valence-electron chi connectivity index (χ1n) is 8.02. The van der Waals surface area contributed by atoms with Crippen molar-refractivity contribution in [1.82, 2.24) is 15.1 Å². The van der Waals surface area contributed by atoms with Crippen LogP contribution in [0.5, 0.6) is 0 Å². The molecule has 0 radical (unpaired) electrons. The maximum Gasteiger partial charge on any atom is 0.263 e. The highest BCUT2D eigenvalue weighted by Crippen LogP contribution is 2.26. The first-order valence-corrected chi connectivity index (χ1v) is 8.84. The van der Waals surface area contributed by atoms with Crippen LogP contribution in [0.1, 0.15) is 33.5 Å². The van der Waals surface area contributed by atoms with E-state index in [9.17, 15) is 4.79 Å². The van der Waals surface area contributed by atoms with Gasteiger partial charge in [0.05, 0.1) is 4.88 Å². The van der Waals surface area contributed by atoms with E-state index >= 15 is 0 Å². The molecule has 1 unspecified atom stereocenters. The molecule has 116 valence electrons. The molecule has 1 aromatic heterocycles. The second-order valence-corrected chi connectivity index (χ2v) is 7.19. The molecule has 2 saturated heterocycles. The van der Waals surface area contributed by atoms with Crippen LogP contribution in [0.25, 0.3) is 0 Å². The molecular weight excluding hydrogens is 282 g/mol. The molecule has 1 aromatic rings. The van der Waals surface area contributed by atoms with E-state index in [1.165, 1.54) is 10.4 Å². The lowest BCUT2D eigenvalue weighted by atomic mass is 10.2. The standard InChI is InChI=1S/C16H25N3OS/c1-3-14-12(2)10-15(21-14)16(20)19-7-4-13(11-19)18-8-5-17-6-9-18/h10,13,17H,3-9,11H2,1-2H3. The summed E-state index contributed by atoms with van der Waals surface area (Å²) in [5.74, 6) is 0.237. The van der Waals surface area contributed by atoms with Crippen molar-refractivity contribution in [3.05, 3.63) is 21.4 Å². The van der Waals surface area contributed by atoms with Crippen molar-refractivity contribution in [2.75, 3.05) is 39.3 Å². The molecule has 21 heavy (non-hydrogen) atoms. The van der Waals surface area contributed by atoms with Gasteiger partial charge in [0.2, 0.25) is 0 Å². The molecule has 2 aliphatic heterocycles. The lowest BCUT2D eigenvalue weighted by Gasteiger charge is -2.32. The molecule has 0 saturated carbocycles. The summed E-state index contributed by atoms with van der Waals surface area (Å²) in [7, 11) is 0. The summed E-state index contributed by atoms with van der Waals surface area (Å²) in [6.07, 6.45) is 2.14. The maximum absolute atomic E-state index is 12.7. The van der Waals surface area contributed by atoms with Gasteiger partial charge in [0.15, 0.2) is 0 Å². The molecular formula is C16H25N3OS. The summed E-state index contributed by atoms with van der Waals surface area (Å²) in [4.78, 5) is 19.5. The van der Waals surface area contributed by atoms with Gasteiger partial charge in [-0.15, -0.1) is 11.3 Å². The van der Waals surface area contributed by atoms with Crippen LogP contribution in [-0.4, -0.2) is 61.0 Å². The number of nitrogens with zero attached hydrogens (tertiary/aromatic N) is 2. The Balaban J connectivity index is 1.63.